The van der Waals surface area contributed by atoms with Crippen molar-refractivity contribution in [1.82, 2.24) is 0 Å². The van der Waals surface area contributed by atoms with Gasteiger partial charge in [-0.2, -0.15) is 0 Å². The zero-order valence-electron chi connectivity index (χ0n) is 30.6. The van der Waals surface area contributed by atoms with E-state index >= 15 is 0 Å². The van der Waals surface area contributed by atoms with Crippen molar-refractivity contribution in [2.45, 2.75) is 31.1 Å². The first kappa shape index (κ1) is 43.8. The van der Waals surface area contributed by atoms with Gasteiger partial charge in [0.2, 0.25) is 0 Å². The van der Waals surface area contributed by atoms with E-state index in [-0.39, 0.29) is 85.2 Å². The molecule has 6 aromatic rings. The molecule has 0 aliphatic heterocycles. The number of thiophene rings is 2. The molecule has 274 valence electrons. The van der Waals surface area contributed by atoms with Crippen molar-refractivity contribution in [1.29, 1.82) is 0 Å². The number of ether oxygens (including phenoxy) is 2. The van der Waals surface area contributed by atoms with E-state index in [1.807, 2.05) is 24.3 Å². The second kappa shape index (κ2) is 19.0. The molecule has 0 saturated heterocycles. The van der Waals surface area contributed by atoms with Crippen LogP contribution < -0.4 is 68.6 Å². The normalized spacial score (nSPS) is 12.9. The molecule has 0 bridgehead atoms. The molecule has 7 rings (SSSR count). The third kappa shape index (κ3) is 10.2. The maximum atomic E-state index is 11.0. The summed E-state index contributed by atoms with van der Waals surface area (Å²) < 4.78 is 77.8. The summed E-state index contributed by atoms with van der Waals surface area (Å²) in [5.74, 6) is 0.467. The molecule has 0 unspecified atom stereocenters. The maximum Gasteiger partial charge on any atom is 1.00 e. The van der Waals surface area contributed by atoms with Crippen LogP contribution in [0.25, 0.3) is 31.3 Å². The molecule has 0 atom stereocenters. The Morgan fingerprint density at radius 3 is 1.64 bits per heavy atom. The minimum atomic E-state index is -4.25. The first-order valence-corrected chi connectivity index (χ1v) is 22.1. The Bertz CT molecular complexity index is 2330. The summed E-state index contributed by atoms with van der Waals surface area (Å²) in [7, 11) is -8.51. The Hall–Kier alpha value is -2.30. The Kier molecular flexibility index (Phi) is 15.1. The van der Waals surface area contributed by atoms with Crippen molar-refractivity contribution in [3.63, 3.8) is 0 Å². The Morgan fingerprint density at radius 1 is 0.545 bits per heavy atom. The van der Waals surface area contributed by atoms with Gasteiger partial charge >= 0.3 is 59.1 Å². The summed E-state index contributed by atoms with van der Waals surface area (Å²) in [5, 5.41) is 2.09. The van der Waals surface area contributed by atoms with Gasteiger partial charge in [-0.1, -0.05) is 66.7 Å². The summed E-state index contributed by atoms with van der Waals surface area (Å²) in [5.41, 5.74) is 7.03. The van der Waals surface area contributed by atoms with E-state index in [1.54, 1.807) is 22.7 Å². The number of fused-ring (bicyclic) bond motifs is 3. The topological polar surface area (TPSA) is 133 Å². The first-order valence-electron chi connectivity index (χ1n) is 17.2. The first-order chi connectivity index (χ1) is 25.5. The molecule has 1 aliphatic carbocycles. The molecule has 8 nitrogen and oxygen atoms in total. The maximum absolute atomic E-state index is 11.0. The van der Waals surface area contributed by atoms with Crippen LogP contribution in [0.4, 0.5) is 0 Å². The average molecular weight is 831 g/mol. The van der Waals surface area contributed by atoms with E-state index < -0.39 is 37.2 Å². The van der Waals surface area contributed by atoms with E-state index in [4.69, 9.17) is 9.47 Å². The molecule has 14 heteroatoms. The minimum absolute atomic E-state index is 0. The molecule has 2 aromatic heterocycles. The van der Waals surface area contributed by atoms with Gasteiger partial charge in [-0.3, -0.25) is 0 Å². The van der Waals surface area contributed by atoms with E-state index in [0.29, 0.717) is 24.3 Å². The Balaban J connectivity index is 0.00000290. The minimum Gasteiger partial charge on any atom is -0.748 e. The fraction of sp³-hybridized carbons (Fsp3) is 0.220. The molecule has 0 amide bonds. The molecule has 55 heavy (non-hydrogen) atoms. The van der Waals surface area contributed by atoms with Crippen molar-refractivity contribution in [3.05, 3.63) is 143 Å². The van der Waals surface area contributed by atoms with Gasteiger partial charge in [-0.25, -0.2) is 16.8 Å². The van der Waals surface area contributed by atoms with Gasteiger partial charge in [0.05, 0.1) is 38.9 Å². The van der Waals surface area contributed by atoms with Crippen LogP contribution >= 0.6 is 22.7 Å². The van der Waals surface area contributed by atoms with Crippen LogP contribution in [-0.4, -0.2) is 50.7 Å². The van der Waals surface area contributed by atoms with E-state index in [1.165, 1.54) is 14.6 Å². The van der Waals surface area contributed by atoms with Gasteiger partial charge in [0.1, 0.15) is 11.5 Å². The zero-order valence-corrected chi connectivity index (χ0v) is 37.9. The number of unbranched alkanes of at least 4 members (excludes halogenated alkanes) is 2. The van der Waals surface area contributed by atoms with E-state index in [9.17, 15) is 25.9 Å². The van der Waals surface area contributed by atoms with Gasteiger partial charge in [-0.05, 0) is 119 Å². The SMILES string of the molecule is O=S(=O)([O-])CCCCOc1ccc(C2(c3ccc(OCCCCS(=O)(=O)[O-])cc3)c3ccccc3-c3ccc(-c4ccc(-c5cccs5)s4)cc32)cc1.[Na+].[Na+]. The molecular weight excluding hydrogens is 795 g/mol. The van der Waals surface area contributed by atoms with Crippen molar-refractivity contribution < 1.29 is 94.5 Å². The van der Waals surface area contributed by atoms with Gasteiger partial charge < -0.3 is 18.6 Å². The van der Waals surface area contributed by atoms with Crippen LogP contribution in [0.5, 0.6) is 11.5 Å². The second-order valence-corrected chi connectivity index (χ2v) is 18.0. The van der Waals surface area contributed by atoms with E-state index in [2.05, 4.69) is 96.4 Å². The number of rotatable bonds is 16. The number of hydrogen-bond donors (Lipinski definition) is 0. The fourth-order valence-electron chi connectivity index (χ4n) is 7.01. The predicted octanol–water partition coefficient (Wildman–Crippen LogP) is 2.92. The quantitative estimate of drug-likeness (QED) is 0.0826. The number of hydrogen-bond acceptors (Lipinski definition) is 10. The van der Waals surface area contributed by atoms with Crippen molar-refractivity contribution in [3.8, 4) is 42.8 Å². The van der Waals surface area contributed by atoms with Crippen LogP contribution in [0, 0.1) is 0 Å². The molecule has 0 fully saturated rings. The molecule has 4 aromatic carbocycles. The van der Waals surface area contributed by atoms with Crippen LogP contribution in [0.15, 0.2) is 121 Å². The van der Waals surface area contributed by atoms with Crippen molar-refractivity contribution in [2.75, 3.05) is 24.7 Å². The molecule has 2 heterocycles. The van der Waals surface area contributed by atoms with Gasteiger partial charge in [0.15, 0.2) is 0 Å². The van der Waals surface area contributed by atoms with Crippen molar-refractivity contribution >= 4 is 42.9 Å². The summed E-state index contributed by atoms with van der Waals surface area (Å²) >= 11 is 3.49. The molecule has 0 spiro atoms. The fourth-order valence-corrected chi connectivity index (χ4v) is 9.96. The molecule has 1 aliphatic rings. The molecular formula is C41H36Na2O8S4. The zero-order chi connectivity index (χ0) is 37.1. The summed E-state index contributed by atoms with van der Waals surface area (Å²) in [4.78, 5) is 3.63. The van der Waals surface area contributed by atoms with Gasteiger partial charge in [0.25, 0.3) is 0 Å². The standard InChI is InChI=1S/C41H38O8S4.2Na/c42-52(43,44)26-5-3-23-48-32-16-12-30(13-17-32)41(31-14-18-33(19-15-31)49-24-4-6-27-53(45,46)47)36-9-2-1-8-34(36)35-20-11-29(28-37(35)41)38-21-22-40(51-38)39-10-7-25-50-39;;/h1-2,7-22,25,28H,3-6,23-24,26-27H2,(H,42,43,44)(H,45,46,47);;/q;2*+1/p-2. The monoisotopic (exact) mass is 830 g/mol. The smallest absolute Gasteiger partial charge is 0.748 e. The molecule has 0 saturated carbocycles. The third-order valence-electron chi connectivity index (χ3n) is 9.39. The van der Waals surface area contributed by atoms with Crippen LogP contribution in [0.3, 0.4) is 0 Å². The summed E-state index contributed by atoms with van der Waals surface area (Å²) in [6.45, 7) is 0.578. The second-order valence-electron chi connectivity index (χ2n) is 12.9. The van der Waals surface area contributed by atoms with Crippen LogP contribution in [0.1, 0.15) is 47.9 Å². The Labute approximate surface area is 375 Å². The van der Waals surface area contributed by atoms with Crippen molar-refractivity contribution in [2.24, 2.45) is 0 Å². The largest absolute Gasteiger partial charge is 1.00 e. The van der Waals surface area contributed by atoms with Gasteiger partial charge in [0, 0.05) is 26.1 Å². The van der Waals surface area contributed by atoms with Crippen LogP contribution in [0.2, 0.25) is 0 Å². The van der Waals surface area contributed by atoms with E-state index in [0.717, 1.165) is 38.9 Å². The van der Waals surface area contributed by atoms with Gasteiger partial charge in [-0.15, -0.1) is 22.7 Å². The Morgan fingerprint density at radius 2 is 1.09 bits per heavy atom. The molecule has 0 radical (unpaired) electrons. The van der Waals surface area contributed by atoms with Crippen LogP contribution in [-0.2, 0) is 25.7 Å². The summed E-state index contributed by atoms with van der Waals surface area (Å²) in [6, 6.07) is 39.8. The number of benzene rings is 4. The summed E-state index contributed by atoms with van der Waals surface area (Å²) in [6.07, 6.45) is 1.37. The average Bonchev–Trinajstić information content (AvgIpc) is 3.90. The predicted molar refractivity (Wildman–Crippen MR) is 209 cm³/mol. The third-order valence-corrected chi connectivity index (χ3v) is 13.2. The molecule has 0 N–H and O–H groups in total.